The van der Waals surface area contributed by atoms with Crippen LogP contribution in [-0.4, -0.2) is 15.2 Å². The minimum Gasteiger partial charge on any atom is -0.412 e. The Kier molecular flexibility index (Phi) is 0.749. The molecular weight excluding hydrogens is 92.1 g/mol. The van der Waals surface area contributed by atoms with Gasteiger partial charge < -0.3 is 5.21 Å². The molecule has 1 N–H and O–H groups in total. The van der Waals surface area contributed by atoms with Crippen LogP contribution in [0.3, 0.4) is 0 Å². The zero-order valence-electron chi connectivity index (χ0n) is 4.00. The van der Waals surface area contributed by atoms with Crippen molar-refractivity contribution in [3.63, 3.8) is 0 Å². The molecule has 0 unspecified atom stereocenters. The second-order valence-corrected chi connectivity index (χ2v) is 1.36. The second kappa shape index (κ2) is 1.26. The fourth-order valence-corrected chi connectivity index (χ4v) is 0.362. The summed E-state index contributed by atoms with van der Waals surface area (Å²) in [6.45, 7) is 1.77. The predicted molar refractivity (Wildman–Crippen MR) is 24.1 cm³/mol. The number of nitrogens with zero attached hydrogens (tertiary/aromatic N) is 2. The maximum Gasteiger partial charge on any atom is 0.0767 e. The molecule has 0 saturated heterocycles. The van der Waals surface area contributed by atoms with Crippen LogP contribution >= 0.6 is 0 Å². The van der Waals surface area contributed by atoms with Crippen LogP contribution in [0.1, 0.15) is 5.69 Å². The molecule has 1 aromatic rings. The van der Waals surface area contributed by atoms with Gasteiger partial charge in [0.25, 0.3) is 0 Å². The van der Waals surface area contributed by atoms with Crippen molar-refractivity contribution in [3.8, 4) is 0 Å². The molecule has 1 heterocycles. The van der Waals surface area contributed by atoms with Gasteiger partial charge >= 0.3 is 0 Å². The highest BCUT2D eigenvalue weighted by Crippen LogP contribution is 1.88. The van der Waals surface area contributed by atoms with Gasteiger partial charge in [0, 0.05) is 0 Å². The van der Waals surface area contributed by atoms with Gasteiger partial charge in [-0.3, -0.25) is 0 Å². The average molecular weight is 98.1 g/mol. The Bertz CT molecular complexity index is 142. The molecule has 0 radical (unpaired) electrons. The van der Waals surface area contributed by atoms with E-state index in [2.05, 4.69) is 5.10 Å². The summed E-state index contributed by atoms with van der Waals surface area (Å²) in [5.41, 5.74) is 0.750. The molecule has 3 heteroatoms. The molecule has 0 amide bonds. The number of hydrogen-bond acceptors (Lipinski definition) is 2. The van der Waals surface area contributed by atoms with Crippen LogP contribution in [0.25, 0.3) is 0 Å². The minimum atomic E-state index is 0.750. The summed E-state index contributed by atoms with van der Waals surface area (Å²) in [7, 11) is 0. The van der Waals surface area contributed by atoms with Crippen molar-refractivity contribution in [1.82, 2.24) is 9.94 Å². The first-order valence-electron chi connectivity index (χ1n) is 2.00. The Morgan fingerprint density at radius 3 is 2.71 bits per heavy atom. The Morgan fingerprint density at radius 2 is 2.57 bits per heavy atom. The lowest BCUT2D eigenvalue weighted by atomic mass is 10.5. The molecule has 0 spiro atoms. The molecule has 0 saturated carbocycles. The second-order valence-electron chi connectivity index (χ2n) is 1.36. The van der Waals surface area contributed by atoms with E-state index in [0.717, 1.165) is 10.5 Å². The van der Waals surface area contributed by atoms with E-state index in [1.165, 1.54) is 6.20 Å². The van der Waals surface area contributed by atoms with E-state index < -0.39 is 0 Å². The van der Waals surface area contributed by atoms with Gasteiger partial charge in [0.05, 0.1) is 11.9 Å². The standard InChI is InChI=1S/C4H6N2O/c1-4-2-3-5-6(4)7/h2-3,7H,1H3. The van der Waals surface area contributed by atoms with Gasteiger partial charge in [-0.1, -0.05) is 0 Å². The number of aryl methyl sites for hydroxylation is 1. The highest BCUT2D eigenvalue weighted by Gasteiger charge is 1.86. The van der Waals surface area contributed by atoms with E-state index in [1.807, 2.05) is 0 Å². The summed E-state index contributed by atoms with van der Waals surface area (Å²) in [5.74, 6) is 0. The third-order valence-electron chi connectivity index (χ3n) is 0.807. The van der Waals surface area contributed by atoms with Crippen molar-refractivity contribution in [2.45, 2.75) is 6.92 Å². The molecular formula is C4H6N2O. The molecule has 1 rings (SSSR count). The molecule has 7 heavy (non-hydrogen) atoms. The third-order valence-corrected chi connectivity index (χ3v) is 0.807. The Hall–Kier alpha value is -0.990. The summed E-state index contributed by atoms with van der Waals surface area (Å²) < 4.78 is 0. The summed E-state index contributed by atoms with van der Waals surface area (Å²) >= 11 is 0. The lowest BCUT2D eigenvalue weighted by Crippen LogP contribution is -1.92. The van der Waals surface area contributed by atoms with E-state index in [1.54, 1.807) is 13.0 Å². The van der Waals surface area contributed by atoms with Gasteiger partial charge in [-0.25, -0.2) is 0 Å². The number of aromatic nitrogens is 2. The molecule has 0 aromatic carbocycles. The molecule has 0 fully saturated rings. The molecule has 1 aromatic heterocycles. The van der Waals surface area contributed by atoms with Crippen LogP contribution in [-0.2, 0) is 0 Å². The van der Waals surface area contributed by atoms with Gasteiger partial charge in [-0.15, -0.1) is 9.94 Å². The average Bonchev–Trinajstić information content (AvgIpc) is 1.91. The first-order chi connectivity index (χ1) is 3.30. The normalized spacial score (nSPS) is 9.29. The number of rotatable bonds is 0. The van der Waals surface area contributed by atoms with E-state index in [4.69, 9.17) is 5.21 Å². The quantitative estimate of drug-likeness (QED) is 0.478. The molecule has 0 aliphatic heterocycles. The number of hydrogen-bond donors (Lipinski definition) is 1. The van der Waals surface area contributed by atoms with Crippen LogP contribution in [0.5, 0.6) is 0 Å². The van der Waals surface area contributed by atoms with Crippen molar-refractivity contribution >= 4 is 0 Å². The van der Waals surface area contributed by atoms with E-state index in [9.17, 15) is 0 Å². The van der Waals surface area contributed by atoms with Crippen LogP contribution in [0.4, 0.5) is 0 Å². The fraction of sp³-hybridized carbons (Fsp3) is 0.250. The first kappa shape index (κ1) is 4.18. The zero-order valence-corrected chi connectivity index (χ0v) is 4.00. The summed E-state index contributed by atoms with van der Waals surface area (Å²) in [6, 6.07) is 1.72. The fourth-order valence-electron chi connectivity index (χ4n) is 0.362. The predicted octanol–water partition coefficient (Wildman–Crippen LogP) is 0.429. The van der Waals surface area contributed by atoms with Crippen molar-refractivity contribution in [2.24, 2.45) is 0 Å². The summed E-state index contributed by atoms with van der Waals surface area (Å²) in [5, 5.41) is 12.1. The Morgan fingerprint density at radius 1 is 1.86 bits per heavy atom. The topological polar surface area (TPSA) is 38.0 Å². The van der Waals surface area contributed by atoms with Gasteiger partial charge in [-0.2, -0.15) is 0 Å². The molecule has 38 valence electrons. The van der Waals surface area contributed by atoms with E-state index in [-0.39, 0.29) is 0 Å². The first-order valence-corrected chi connectivity index (χ1v) is 2.00. The highest BCUT2D eigenvalue weighted by molar-refractivity contribution is 4.93. The SMILES string of the molecule is Cc1ccnn1O. The Balaban J connectivity index is 3.12. The maximum absolute atomic E-state index is 8.56. The lowest BCUT2D eigenvalue weighted by Gasteiger charge is -1.85. The smallest absolute Gasteiger partial charge is 0.0767 e. The zero-order chi connectivity index (χ0) is 5.28. The molecule has 0 atom stereocenters. The monoisotopic (exact) mass is 98.0 g/mol. The van der Waals surface area contributed by atoms with Gasteiger partial charge in [0.2, 0.25) is 0 Å². The van der Waals surface area contributed by atoms with Crippen LogP contribution < -0.4 is 0 Å². The molecule has 0 bridgehead atoms. The van der Waals surface area contributed by atoms with Gasteiger partial charge in [0.15, 0.2) is 0 Å². The summed E-state index contributed by atoms with van der Waals surface area (Å²) in [4.78, 5) is 0.833. The van der Waals surface area contributed by atoms with Crippen molar-refractivity contribution in [3.05, 3.63) is 18.0 Å². The Labute approximate surface area is 41.2 Å². The van der Waals surface area contributed by atoms with E-state index >= 15 is 0 Å². The molecule has 0 aliphatic rings. The van der Waals surface area contributed by atoms with Crippen molar-refractivity contribution in [2.75, 3.05) is 0 Å². The maximum atomic E-state index is 8.56. The van der Waals surface area contributed by atoms with Crippen LogP contribution in [0, 0.1) is 6.92 Å². The van der Waals surface area contributed by atoms with E-state index in [0.29, 0.717) is 0 Å². The third kappa shape index (κ3) is 0.559. The minimum absolute atomic E-state index is 0.750. The van der Waals surface area contributed by atoms with Gasteiger partial charge in [-0.05, 0) is 13.0 Å². The van der Waals surface area contributed by atoms with Gasteiger partial charge in [0.1, 0.15) is 0 Å². The highest BCUT2D eigenvalue weighted by atomic mass is 16.5. The lowest BCUT2D eigenvalue weighted by molar-refractivity contribution is 0.142. The summed E-state index contributed by atoms with van der Waals surface area (Å²) in [6.07, 6.45) is 1.54. The van der Waals surface area contributed by atoms with Crippen molar-refractivity contribution < 1.29 is 5.21 Å². The van der Waals surface area contributed by atoms with Crippen LogP contribution in [0.15, 0.2) is 12.3 Å². The van der Waals surface area contributed by atoms with Crippen LogP contribution in [0.2, 0.25) is 0 Å². The molecule has 0 aliphatic carbocycles. The van der Waals surface area contributed by atoms with Crippen molar-refractivity contribution in [1.29, 1.82) is 0 Å². The molecule has 3 nitrogen and oxygen atoms in total. The largest absolute Gasteiger partial charge is 0.412 e.